The molecule has 0 amide bonds. The molecule has 2 aliphatic rings. The molecule has 1 aliphatic carbocycles. The van der Waals surface area contributed by atoms with Gasteiger partial charge in [-0.05, 0) is 11.6 Å². The highest BCUT2D eigenvalue weighted by Crippen LogP contribution is 2.45. The summed E-state index contributed by atoms with van der Waals surface area (Å²) in [5, 5.41) is 9.62. The molecule has 5 nitrogen and oxygen atoms in total. The molecule has 2 aromatic rings. The molecule has 0 unspecified atom stereocenters. The van der Waals surface area contributed by atoms with Gasteiger partial charge in [0.05, 0.1) is 11.5 Å². The molecule has 0 bridgehead atoms. The summed E-state index contributed by atoms with van der Waals surface area (Å²) in [5.74, 6) is -1.79. The van der Waals surface area contributed by atoms with E-state index in [0.717, 1.165) is 0 Å². The maximum atomic E-state index is 13.2. The molecule has 0 saturated carbocycles. The summed E-state index contributed by atoms with van der Waals surface area (Å²) in [6.07, 6.45) is 0. The predicted molar refractivity (Wildman–Crippen MR) is 96.9 cm³/mol. The molecule has 0 fully saturated rings. The maximum Gasteiger partial charge on any atom is 0.229 e. The summed E-state index contributed by atoms with van der Waals surface area (Å²) in [7, 11) is 0. The van der Waals surface area contributed by atoms with E-state index in [9.17, 15) is 14.9 Å². The molecule has 2 N–H and O–H groups in total. The quantitative estimate of drug-likeness (QED) is 0.780. The first-order valence-electron chi connectivity index (χ1n) is 7.79. The van der Waals surface area contributed by atoms with E-state index in [4.69, 9.17) is 10.5 Å². The number of carbonyl (C=O) groups is 2. The van der Waals surface area contributed by atoms with E-state index in [1.165, 1.54) is 0 Å². The van der Waals surface area contributed by atoms with Crippen LogP contribution in [0.15, 0.2) is 75.8 Å². The molecule has 0 radical (unpaired) electrons. The first kappa shape index (κ1) is 16.3. The minimum atomic E-state index is -0.774. The van der Waals surface area contributed by atoms with Gasteiger partial charge < -0.3 is 10.5 Å². The highest BCUT2D eigenvalue weighted by molar-refractivity contribution is 9.10. The fourth-order valence-corrected chi connectivity index (χ4v) is 3.84. The van der Waals surface area contributed by atoms with Crippen LogP contribution in [0.1, 0.15) is 32.2 Å². The average Bonchev–Trinajstić information content (AvgIpc) is 2.65. The van der Waals surface area contributed by atoms with Crippen LogP contribution in [0.4, 0.5) is 0 Å². The van der Waals surface area contributed by atoms with E-state index < -0.39 is 11.7 Å². The number of fused-ring (bicyclic) bond motifs is 1. The Morgan fingerprint density at radius 1 is 1.00 bits per heavy atom. The first-order chi connectivity index (χ1) is 12.5. The molecule has 1 heterocycles. The monoisotopic (exact) mass is 406 g/mol. The number of ether oxygens (including phenoxy) is 1. The van der Waals surface area contributed by atoms with Gasteiger partial charge in [-0.15, -0.1) is 0 Å². The molecule has 1 aliphatic heterocycles. The highest BCUT2D eigenvalue weighted by Gasteiger charge is 2.44. The minimum absolute atomic E-state index is 0.106. The predicted octanol–water partition coefficient (Wildman–Crippen LogP) is 3.59. The second kappa shape index (κ2) is 5.97. The number of nitrogens with zero attached hydrogens (tertiary/aromatic N) is 1. The molecule has 2 aromatic carbocycles. The third kappa shape index (κ3) is 2.21. The zero-order chi connectivity index (χ0) is 18.4. The Kier molecular flexibility index (Phi) is 3.74. The second-order valence-electron chi connectivity index (χ2n) is 5.89. The Labute approximate surface area is 157 Å². The number of nitriles is 1. The summed E-state index contributed by atoms with van der Waals surface area (Å²) < 4.78 is 6.16. The molecule has 126 valence electrons. The van der Waals surface area contributed by atoms with Gasteiger partial charge >= 0.3 is 0 Å². The number of nitrogens with two attached hydrogens (primary N) is 1. The van der Waals surface area contributed by atoms with Gasteiger partial charge in [-0.25, -0.2) is 0 Å². The molecule has 0 saturated heterocycles. The summed E-state index contributed by atoms with van der Waals surface area (Å²) in [5.41, 5.74) is 7.42. The summed E-state index contributed by atoms with van der Waals surface area (Å²) in [6.45, 7) is 0. The standard InChI is InChI=1S/C20H11BrN2O3/c21-14-8-4-3-7-12(14)15-13(9-22)20(23)26-19-16(15)17(24)10-5-1-2-6-11(10)18(19)25/h1-8,15H,23H2/t15-/m0/s1. The van der Waals surface area contributed by atoms with Gasteiger partial charge in [0.1, 0.15) is 11.6 Å². The minimum Gasteiger partial charge on any atom is -0.436 e. The largest absolute Gasteiger partial charge is 0.436 e. The van der Waals surface area contributed by atoms with Crippen molar-refractivity contribution in [3.63, 3.8) is 0 Å². The number of hydrogen-bond acceptors (Lipinski definition) is 5. The number of hydrogen-bond donors (Lipinski definition) is 1. The van der Waals surface area contributed by atoms with Crippen LogP contribution in [-0.2, 0) is 4.74 Å². The lowest BCUT2D eigenvalue weighted by molar-refractivity contribution is 0.0897. The molecule has 0 spiro atoms. The zero-order valence-electron chi connectivity index (χ0n) is 13.3. The number of benzene rings is 2. The van der Waals surface area contributed by atoms with E-state index in [0.29, 0.717) is 15.6 Å². The van der Waals surface area contributed by atoms with Crippen molar-refractivity contribution in [1.29, 1.82) is 5.26 Å². The fourth-order valence-electron chi connectivity index (χ4n) is 3.33. The van der Waals surface area contributed by atoms with Gasteiger partial charge in [0, 0.05) is 15.6 Å². The van der Waals surface area contributed by atoms with Crippen molar-refractivity contribution in [3.05, 3.63) is 92.5 Å². The van der Waals surface area contributed by atoms with Crippen molar-refractivity contribution in [1.82, 2.24) is 0 Å². The van der Waals surface area contributed by atoms with Gasteiger partial charge in [-0.1, -0.05) is 58.4 Å². The third-order valence-corrected chi connectivity index (χ3v) is 5.23. The Hall–Kier alpha value is -3.17. The summed E-state index contributed by atoms with van der Waals surface area (Å²) in [4.78, 5) is 26.1. The van der Waals surface area contributed by atoms with Crippen LogP contribution in [-0.4, -0.2) is 11.6 Å². The Balaban J connectivity index is 2.01. The number of ketones is 2. The van der Waals surface area contributed by atoms with Gasteiger partial charge in [0.25, 0.3) is 0 Å². The summed E-state index contributed by atoms with van der Waals surface area (Å²) >= 11 is 3.46. The van der Waals surface area contributed by atoms with E-state index in [1.807, 2.05) is 12.1 Å². The lowest BCUT2D eigenvalue weighted by atomic mass is 9.75. The number of Topliss-reactive ketones (excluding diaryl/α,β-unsaturated/α-hetero) is 2. The number of halogens is 1. The normalized spacial score (nSPS) is 18.8. The maximum absolute atomic E-state index is 13.2. The first-order valence-corrected chi connectivity index (χ1v) is 8.58. The Morgan fingerprint density at radius 3 is 2.27 bits per heavy atom. The number of rotatable bonds is 1. The van der Waals surface area contributed by atoms with Crippen LogP contribution in [0.3, 0.4) is 0 Å². The van der Waals surface area contributed by atoms with E-state index in [-0.39, 0.29) is 34.1 Å². The molecule has 1 atom stereocenters. The highest BCUT2D eigenvalue weighted by atomic mass is 79.9. The average molecular weight is 407 g/mol. The molecule has 6 heteroatoms. The molecule has 26 heavy (non-hydrogen) atoms. The number of allylic oxidation sites excluding steroid dienone is 3. The lowest BCUT2D eigenvalue weighted by Crippen LogP contribution is -2.32. The van der Waals surface area contributed by atoms with Gasteiger partial charge in [0.15, 0.2) is 11.5 Å². The lowest BCUT2D eigenvalue weighted by Gasteiger charge is -2.31. The van der Waals surface area contributed by atoms with Crippen molar-refractivity contribution in [2.45, 2.75) is 5.92 Å². The summed E-state index contributed by atoms with van der Waals surface area (Å²) in [6, 6.07) is 15.8. The van der Waals surface area contributed by atoms with Crippen LogP contribution in [0.25, 0.3) is 0 Å². The van der Waals surface area contributed by atoms with Crippen LogP contribution >= 0.6 is 15.9 Å². The molecular formula is C20H11BrN2O3. The number of carbonyl (C=O) groups excluding carboxylic acids is 2. The molecule has 0 aromatic heterocycles. The zero-order valence-corrected chi connectivity index (χ0v) is 14.9. The van der Waals surface area contributed by atoms with Crippen molar-refractivity contribution in [2.24, 2.45) is 5.73 Å². The Morgan fingerprint density at radius 2 is 1.62 bits per heavy atom. The van der Waals surface area contributed by atoms with E-state index >= 15 is 0 Å². The van der Waals surface area contributed by atoms with Crippen LogP contribution in [0, 0.1) is 11.3 Å². The van der Waals surface area contributed by atoms with Crippen LogP contribution < -0.4 is 5.73 Å². The van der Waals surface area contributed by atoms with Crippen LogP contribution in [0.2, 0.25) is 0 Å². The van der Waals surface area contributed by atoms with Crippen molar-refractivity contribution in [2.75, 3.05) is 0 Å². The molecule has 4 rings (SSSR count). The van der Waals surface area contributed by atoms with Crippen molar-refractivity contribution >= 4 is 27.5 Å². The van der Waals surface area contributed by atoms with E-state index in [2.05, 4.69) is 15.9 Å². The van der Waals surface area contributed by atoms with Crippen molar-refractivity contribution < 1.29 is 14.3 Å². The Bertz CT molecular complexity index is 1090. The topological polar surface area (TPSA) is 93.2 Å². The SMILES string of the molecule is N#CC1=C(N)OC2=C(C(=O)c3ccccc3C2=O)[C@H]1c1ccccc1Br. The third-order valence-electron chi connectivity index (χ3n) is 4.50. The van der Waals surface area contributed by atoms with Crippen LogP contribution in [0.5, 0.6) is 0 Å². The fraction of sp³-hybridized carbons (Fsp3) is 0.0500. The second-order valence-corrected chi connectivity index (χ2v) is 6.75. The van der Waals surface area contributed by atoms with Gasteiger partial charge in [-0.3, -0.25) is 9.59 Å². The smallest absolute Gasteiger partial charge is 0.229 e. The molecular weight excluding hydrogens is 396 g/mol. The van der Waals surface area contributed by atoms with Gasteiger partial charge in [0.2, 0.25) is 11.7 Å². The van der Waals surface area contributed by atoms with Gasteiger partial charge in [-0.2, -0.15) is 5.26 Å². The van der Waals surface area contributed by atoms with E-state index in [1.54, 1.807) is 42.5 Å². The van der Waals surface area contributed by atoms with Crippen molar-refractivity contribution in [3.8, 4) is 6.07 Å².